The van der Waals surface area contributed by atoms with E-state index in [2.05, 4.69) is 126 Å². The number of aryl methyl sites for hydroxylation is 2. The fourth-order valence-electron chi connectivity index (χ4n) is 9.69. The van der Waals surface area contributed by atoms with E-state index >= 15 is 0 Å². The average molecular weight is 1190 g/mol. The molecule has 0 aliphatic rings. The van der Waals surface area contributed by atoms with Gasteiger partial charge in [-0.15, -0.1) is 42.0 Å². The van der Waals surface area contributed by atoms with Crippen LogP contribution in [-0.4, -0.2) is 27.6 Å². The predicted octanol–water partition coefficient (Wildman–Crippen LogP) is 17.9. The van der Waals surface area contributed by atoms with Crippen LogP contribution in [-0.2, 0) is 20.1 Å². The number of nitrogens with zero attached hydrogens (tertiary/aromatic N) is 4. The third kappa shape index (κ3) is 10.1. The molecule has 0 N–H and O–H groups in total. The number of hydrogen-bond acceptors (Lipinski definition) is 4. The van der Waals surface area contributed by atoms with Gasteiger partial charge >= 0.3 is 0 Å². The van der Waals surface area contributed by atoms with Gasteiger partial charge in [-0.2, -0.15) is 11.3 Å². The van der Waals surface area contributed by atoms with Crippen molar-refractivity contribution in [3.8, 4) is 73.0 Å². The number of thiophene rings is 1. The summed E-state index contributed by atoms with van der Waals surface area (Å²) in [5, 5.41) is 3.01. The minimum absolute atomic E-state index is 0. The van der Waals surface area contributed by atoms with E-state index in [0.717, 1.165) is 88.0 Å². The van der Waals surface area contributed by atoms with E-state index in [4.69, 9.17) is 19.6 Å². The molecule has 0 saturated heterocycles. The van der Waals surface area contributed by atoms with Crippen LogP contribution in [0.1, 0.15) is 46.0 Å². The van der Waals surface area contributed by atoms with Crippen molar-refractivity contribution in [3.05, 3.63) is 235 Å². The summed E-state index contributed by atoms with van der Waals surface area (Å²) in [6.45, 7) is 5.42. The largest absolute Gasteiger partial charge is 0.333 e. The molecule has 0 saturated carbocycles. The first kappa shape index (κ1) is 42.9. The number of aromatic nitrogens is 4. The molecule has 12 aromatic rings. The van der Waals surface area contributed by atoms with Crippen LogP contribution in [0, 0.1) is 31.7 Å². The zero-order valence-corrected chi connectivity index (χ0v) is 46.2. The summed E-state index contributed by atoms with van der Waals surface area (Å²) in [5.41, 5.74) is 12.6. The summed E-state index contributed by atoms with van der Waals surface area (Å²) < 4.78 is 74.6. The van der Waals surface area contributed by atoms with Crippen LogP contribution in [0.25, 0.3) is 104 Å². The third-order valence-electron chi connectivity index (χ3n) is 13.3. The van der Waals surface area contributed by atoms with Gasteiger partial charge in [0, 0.05) is 63.9 Å². The van der Waals surface area contributed by atoms with Gasteiger partial charge in [0.05, 0.1) is 30.6 Å². The van der Waals surface area contributed by atoms with E-state index in [1.165, 1.54) is 46.9 Å². The van der Waals surface area contributed by atoms with Crippen LogP contribution in [0.2, 0.25) is 19.6 Å². The van der Waals surface area contributed by atoms with Crippen molar-refractivity contribution in [2.24, 2.45) is 0 Å². The molecule has 0 fully saturated rings. The van der Waals surface area contributed by atoms with Gasteiger partial charge in [-0.25, -0.2) is 4.98 Å². The topological polar surface area (TPSA) is 43.6 Å². The molecule has 1 radical (unpaired) electrons. The van der Waals surface area contributed by atoms with E-state index in [9.17, 15) is 4.39 Å². The predicted molar refractivity (Wildman–Crippen MR) is 313 cm³/mol. The maximum atomic E-state index is 13.0. The molecule has 0 atom stereocenters. The molecule has 0 amide bonds. The second-order valence-electron chi connectivity index (χ2n) is 19.5. The Morgan fingerprint density at radius 1 is 0.640 bits per heavy atom. The molecule has 8 aromatic carbocycles. The number of fused-ring (bicyclic) bond motifs is 4. The number of hydrogen-bond donors (Lipinski definition) is 0. The molecule has 12 rings (SSSR count). The Morgan fingerprint density at radius 2 is 1.31 bits per heavy atom. The Labute approximate surface area is 467 Å². The molecule has 0 aliphatic carbocycles. The van der Waals surface area contributed by atoms with E-state index in [0.29, 0.717) is 10.7 Å². The summed E-state index contributed by atoms with van der Waals surface area (Å²) in [6.07, 6.45) is 1.89. The fourth-order valence-corrected chi connectivity index (χ4v) is 12.5. The Kier molecular flexibility index (Phi) is 12.2. The molecule has 4 aromatic heterocycles. The zero-order chi connectivity index (χ0) is 57.0. The van der Waals surface area contributed by atoms with Crippen molar-refractivity contribution in [1.29, 1.82) is 0 Å². The standard InChI is InChI=1S/C50H34N3S.C17H21FNSi.Ir/c1-32-15-14-16-33(2)46(32)43-29-28-39-47-38(35-19-8-4-9-20-35)26-27-40(48(47)54-50(39)52-43)49-51-42-23-12-13-24-45(42)53(49)44-30-25-37(34-17-6-3-7-18-34)31-41(44)36-21-10-5-11-22-36;1-12(2)15-10-16(13-6-8-14(18)9-7-13)19-11-17(15)20(3,4)5;/h3-26,28-31H,1-2H3;6,8-12H,1-5H3;/q2*-1;/i1D3,2D3;12D;. The third-order valence-corrected chi connectivity index (χ3v) is 16.5. The van der Waals surface area contributed by atoms with Gasteiger partial charge in [0.1, 0.15) is 4.83 Å². The van der Waals surface area contributed by atoms with Crippen LogP contribution in [0.3, 0.4) is 0 Å². The first-order chi connectivity index (χ1) is 38.6. The Balaban J connectivity index is 0.000000289. The van der Waals surface area contributed by atoms with E-state index in [1.54, 1.807) is 12.1 Å². The van der Waals surface area contributed by atoms with Crippen LogP contribution >= 0.6 is 11.3 Å². The molecule has 4 heterocycles. The number of pyridine rings is 2. The van der Waals surface area contributed by atoms with Crippen molar-refractivity contribution >= 4 is 55.9 Å². The van der Waals surface area contributed by atoms with E-state index in [1.807, 2.05) is 86.8 Å². The molecule has 0 unspecified atom stereocenters. The first-order valence-corrected chi connectivity index (χ1v) is 28.8. The molecular formula is C67H55FIrN4SSi-2. The van der Waals surface area contributed by atoms with Gasteiger partial charge < -0.3 is 9.55 Å². The maximum Gasteiger partial charge on any atom is 0.114 e. The molecule has 0 aliphatic heterocycles. The van der Waals surface area contributed by atoms with Crippen molar-refractivity contribution in [2.75, 3.05) is 0 Å². The average Bonchev–Trinajstić information content (AvgIpc) is 2.39. The zero-order valence-electron chi connectivity index (χ0n) is 49.0. The van der Waals surface area contributed by atoms with Crippen molar-refractivity contribution in [1.82, 2.24) is 19.5 Å². The van der Waals surface area contributed by atoms with Crippen LogP contribution in [0.5, 0.6) is 0 Å². The summed E-state index contributed by atoms with van der Waals surface area (Å²) in [7, 11) is -1.57. The van der Waals surface area contributed by atoms with Crippen LogP contribution in [0.15, 0.2) is 200 Å². The summed E-state index contributed by atoms with van der Waals surface area (Å²) in [5.74, 6) is -0.291. The molecule has 75 heavy (non-hydrogen) atoms. The molecule has 4 nitrogen and oxygen atoms in total. The number of para-hydroxylation sites is 2. The van der Waals surface area contributed by atoms with Gasteiger partial charge in [0.2, 0.25) is 0 Å². The monoisotopic (exact) mass is 1190 g/mol. The Morgan fingerprint density at radius 3 is 1.96 bits per heavy atom. The molecule has 8 heteroatoms. The van der Waals surface area contributed by atoms with Gasteiger partial charge in [0.25, 0.3) is 0 Å². The van der Waals surface area contributed by atoms with E-state index < -0.39 is 27.7 Å². The molecule has 0 spiro atoms. The minimum atomic E-state index is -2.56. The minimum Gasteiger partial charge on any atom is -0.333 e. The second kappa shape index (κ2) is 21.4. The summed E-state index contributed by atoms with van der Waals surface area (Å²) in [4.78, 5) is 15.6. The van der Waals surface area contributed by atoms with E-state index in [-0.39, 0.29) is 48.3 Å². The van der Waals surface area contributed by atoms with Gasteiger partial charge in [0.15, 0.2) is 0 Å². The molecule has 371 valence electrons. The van der Waals surface area contributed by atoms with Crippen molar-refractivity contribution in [3.63, 3.8) is 0 Å². The van der Waals surface area contributed by atoms with Crippen molar-refractivity contribution < 1.29 is 34.1 Å². The van der Waals surface area contributed by atoms with Gasteiger partial charge in [-0.3, -0.25) is 9.37 Å². The number of rotatable bonds is 9. The maximum absolute atomic E-state index is 13.0. The van der Waals surface area contributed by atoms with Crippen LogP contribution < -0.4 is 5.19 Å². The second-order valence-corrected chi connectivity index (χ2v) is 25.6. The quantitative estimate of drug-likeness (QED) is 0.107. The Bertz CT molecular complexity index is 4260. The fraction of sp³-hybridized carbons (Fsp3) is 0.119. The summed E-state index contributed by atoms with van der Waals surface area (Å²) >= 11 is 1.46. The van der Waals surface area contributed by atoms with Crippen molar-refractivity contribution in [2.45, 2.75) is 53.1 Å². The smallest absolute Gasteiger partial charge is 0.114 e. The molecule has 0 bridgehead atoms. The first-order valence-electron chi connectivity index (χ1n) is 28.0. The van der Waals surface area contributed by atoms with Gasteiger partial charge in [-0.1, -0.05) is 201 Å². The Hall–Kier alpha value is -7.45. The van der Waals surface area contributed by atoms with Gasteiger partial charge in [-0.05, 0) is 93.3 Å². The number of benzene rings is 8. The number of imidazole rings is 1. The normalized spacial score (nSPS) is 13.3. The summed E-state index contributed by atoms with van der Waals surface area (Å²) in [6, 6.07) is 68.6. The molecular weight excluding hydrogens is 1130 g/mol. The van der Waals surface area contributed by atoms with Crippen LogP contribution in [0.4, 0.5) is 4.39 Å². The SMILES string of the molecule is [2H]C(C)(C)c1cc(-c2[c-]cc(F)cc2)ncc1[Si](C)(C)C.[2H]C([2H])([2H])c1cccc(C([2H])([2H])[2H])c1-c1ccc2c(n1)sc1c(-c3nc4ccccc4n3-c3ccc(-c4ccccc4)cc3-c3ccccc3)[c-]cc(-c3ccccc3)c12.[Ir]. The number of halogens is 1.